The first-order valence-corrected chi connectivity index (χ1v) is 7.73. The van der Waals surface area contributed by atoms with E-state index in [1.807, 2.05) is 17.0 Å². The smallest absolute Gasteiger partial charge is 0.226 e. The monoisotopic (exact) mass is 273 g/mol. The van der Waals surface area contributed by atoms with Crippen LogP contribution in [0.5, 0.6) is 0 Å². The van der Waals surface area contributed by atoms with Crippen LogP contribution in [0.1, 0.15) is 61.8 Å². The minimum Gasteiger partial charge on any atom is -0.389 e. The molecule has 3 nitrogen and oxygen atoms in total. The second-order valence-electron chi connectivity index (χ2n) is 6.23. The van der Waals surface area contributed by atoms with Gasteiger partial charge in [0.1, 0.15) is 0 Å². The van der Waals surface area contributed by atoms with E-state index < -0.39 is 6.10 Å². The van der Waals surface area contributed by atoms with E-state index in [0.717, 1.165) is 24.9 Å². The standard InChI is InChI=1S/C17H23NO2/c1-12(19)14-7-8-15-10-18(11-16(15)9-14)17(20)13-5-3-2-4-6-13/h7-9,12-13,19H,2-6,10-11H2,1H3. The molecule has 1 fully saturated rings. The Morgan fingerprint density at radius 1 is 1.20 bits per heavy atom. The number of fused-ring (bicyclic) bond motifs is 1. The molecule has 0 aromatic heterocycles. The number of benzene rings is 1. The molecule has 1 aliphatic carbocycles. The highest BCUT2D eigenvalue weighted by Crippen LogP contribution is 2.31. The van der Waals surface area contributed by atoms with Crippen LogP contribution in [0.3, 0.4) is 0 Å². The first-order valence-electron chi connectivity index (χ1n) is 7.73. The third-order valence-corrected chi connectivity index (χ3v) is 4.70. The van der Waals surface area contributed by atoms with E-state index in [1.54, 1.807) is 6.92 Å². The van der Waals surface area contributed by atoms with Crippen LogP contribution in [0.15, 0.2) is 18.2 Å². The van der Waals surface area contributed by atoms with Gasteiger partial charge in [-0.2, -0.15) is 0 Å². The van der Waals surface area contributed by atoms with Crippen molar-refractivity contribution < 1.29 is 9.90 Å². The number of hydrogen-bond donors (Lipinski definition) is 1. The van der Waals surface area contributed by atoms with Crippen molar-refractivity contribution in [3.63, 3.8) is 0 Å². The van der Waals surface area contributed by atoms with Gasteiger partial charge in [-0.25, -0.2) is 0 Å². The zero-order valence-corrected chi connectivity index (χ0v) is 12.1. The fourth-order valence-corrected chi connectivity index (χ4v) is 3.44. The highest BCUT2D eigenvalue weighted by molar-refractivity contribution is 5.79. The largest absolute Gasteiger partial charge is 0.389 e. The summed E-state index contributed by atoms with van der Waals surface area (Å²) < 4.78 is 0. The summed E-state index contributed by atoms with van der Waals surface area (Å²) in [5, 5.41) is 9.65. The van der Waals surface area contributed by atoms with Gasteiger partial charge < -0.3 is 10.0 Å². The maximum atomic E-state index is 12.6. The molecule has 1 aromatic carbocycles. The van der Waals surface area contributed by atoms with Gasteiger partial charge in [0.25, 0.3) is 0 Å². The number of carbonyl (C=O) groups is 1. The van der Waals surface area contributed by atoms with Gasteiger partial charge in [-0.1, -0.05) is 37.5 Å². The fourth-order valence-electron chi connectivity index (χ4n) is 3.44. The zero-order chi connectivity index (χ0) is 14.1. The highest BCUT2D eigenvalue weighted by atomic mass is 16.3. The average molecular weight is 273 g/mol. The van der Waals surface area contributed by atoms with Crippen LogP contribution in [0.4, 0.5) is 0 Å². The molecule has 1 N–H and O–H groups in total. The minimum atomic E-state index is -0.441. The molecule has 1 aliphatic heterocycles. The highest BCUT2D eigenvalue weighted by Gasteiger charge is 2.30. The summed E-state index contributed by atoms with van der Waals surface area (Å²) in [4.78, 5) is 14.6. The zero-order valence-electron chi connectivity index (χ0n) is 12.1. The summed E-state index contributed by atoms with van der Waals surface area (Å²) in [5.41, 5.74) is 3.38. The summed E-state index contributed by atoms with van der Waals surface area (Å²) in [6.07, 6.45) is 5.35. The molecule has 1 amide bonds. The fraction of sp³-hybridized carbons (Fsp3) is 0.588. The van der Waals surface area contributed by atoms with Gasteiger partial charge in [0.2, 0.25) is 5.91 Å². The van der Waals surface area contributed by atoms with Crippen molar-refractivity contribution in [3.05, 3.63) is 34.9 Å². The van der Waals surface area contributed by atoms with Crippen LogP contribution in [0.2, 0.25) is 0 Å². The van der Waals surface area contributed by atoms with Gasteiger partial charge in [0, 0.05) is 19.0 Å². The molecule has 1 saturated carbocycles. The SMILES string of the molecule is CC(O)c1ccc2c(c1)CN(C(=O)C1CCCCC1)C2. The van der Waals surface area contributed by atoms with Crippen LogP contribution in [-0.2, 0) is 17.9 Å². The summed E-state index contributed by atoms with van der Waals surface area (Å²) in [7, 11) is 0. The van der Waals surface area contributed by atoms with Crippen LogP contribution in [-0.4, -0.2) is 15.9 Å². The molecule has 108 valence electrons. The number of aliphatic hydroxyl groups is 1. The summed E-state index contributed by atoms with van der Waals surface area (Å²) >= 11 is 0. The Balaban J connectivity index is 1.71. The molecule has 20 heavy (non-hydrogen) atoms. The van der Waals surface area contributed by atoms with Gasteiger partial charge in [-0.05, 0) is 36.5 Å². The minimum absolute atomic E-state index is 0.245. The number of hydrogen-bond acceptors (Lipinski definition) is 2. The molecule has 1 aromatic rings. The average Bonchev–Trinajstić information content (AvgIpc) is 2.90. The Kier molecular flexibility index (Phi) is 3.79. The van der Waals surface area contributed by atoms with Crippen molar-refractivity contribution in [2.45, 2.75) is 58.2 Å². The third kappa shape index (κ3) is 2.59. The molecule has 1 heterocycles. The first-order chi connectivity index (χ1) is 9.65. The molecule has 3 rings (SSSR count). The Bertz CT molecular complexity index is 504. The van der Waals surface area contributed by atoms with E-state index in [1.165, 1.54) is 30.4 Å². The second kappa shape index (κ2) is 5.57. The van der Waals surface area contributed by atoms with Crippen molar-refractivity contribution in [3.8, 4) is 0 Å². The van der Waals surface area contributed by atoms with Crippen LogP contribution in [0.25, 0.3) is 0 Å². The number of rotatable bonds is 2. The Hall–Kier alpha value is -1.35. The molecular weight excluding hydrogens is 250 g/mol. The first kappa shape index (κ1) is 13.6. The lowest BCUT2D eigenvalue weighted by Gasteiger charge is -2.25. The lowest BCUT2D eigenvalue weighted by Crippen LogP contribution is -2.33. The Labute approximate surface area is 120 Å². The molecule has 0 spiro atoms. The topological polar surface area (TPSA) is 40.5 Å². The molecule has 0 radical (unpaired) electrons. The second-order valence-corrected chi connectivity index (χ2v) is 6.23. The predicted molar refractivity (Wildman–Crippen MR) is 77.9 cm³/mol. The van der Waals surface area contributed by atoms with E-state index in [2.05, 4.69) is 6.07 Å². The molecule has 0 saturated heterocycles. The van der Waals surface area contributed by atoms with E-state index in [0.29, 0.717) is 12.5 Å². The van der Waals surface area contributed by atoms with E-state index >= 15 is 0 Å². The third-order valence-electron chi connectivity index (χ3n) is 4.70. The lowest BCUT2D eigenvalue weighted by molar-refractivity contribution is -0.137. The molecule has 3 heteroatoms. The van der Waals surface area contributed by atoms with Gasteiger partial charge in [-0.15, -0.1) is 0 Å². The molecule has 1 unspecified atom stereocenters. The Morgan fingerprint density at radius 3 is 2.60 bits per heavy atom. The van der Waals surface area contributed by atoms with E-state index in [-0.39, 0.29) is 5.92 Å². The normalized spacial score (nSPS) is 20.8. The summed E-state index contributed by atoms with van der Waals surface area (Å²) in [6.45, 7) is 3.23. The molecular formula is C17H23NO2. The molecule has 2 aliphatic rings. The quantitative estimate of drug-likeness (QED) is 0.899. The Morgan fingerprint density at radius 2 is 1.90 bits per heavy atom. The van der Waals surface area contributed by atoms with Gasteiger partial charge >= 0.3 is 0 Å². The van der Waals surface area contributed by atoms with Crippen molar-refractivity contribution in [2.24, 2.45) is 5.92 Å². The number of amides is 1. The van der Waals surface area contributed by atoms with E-state index in [9.17, 15) is 9.90 Å². The van der Waals surface area contributed by atoms with Crippen molar-refractivity contribution >= 4 is 5.91 Å². The van der Waals surface area contributed by atoms with Crippen molar-refractivity contribution in [1.82, 2.24) is 4.90 Å². The maximum Gasteiger partial charge on any atom is 0.226 e. The van der Waals surface area contributed by atoms with Crippen LogP contribution >= 0.6 is 0 Å². The number of carbonyl (C=O) groups excluding carboxylic acids is 1. The van der Waals surface area contributed by atoms with Crippen LogP contribution < -0.4 is 0 Å². The van der Waals surface area contributed by atoms with Gasteiger partial charge in [0.15, 0.2) is 0 Å². The van der Waals surface area contributed by atoms with Crippen molar-refractivity contribution in [1.29, 1.82) is 0 Å². The van der Waals surface area contributed by atoms with Gasteiger partial charge in [0.05, 0.1) is 6.10 Å². The summed E-state index contributed by atoms with van der Waals surface area (Å²) in [6, 6.07) is 6.08. The molecule has 1 atom stereocenters. The van der Waals surface area contributed by atoms with E-state index in [4.69, 9.17) is 0 Å². The summed E-state index contributed by atoms with van der Waals surface area (Å²) in [5.74, 6) is 0.578. The predicted octanol–water partition coefficient (Wildman–Crippen LogP) is 3.16. The number of nitrogens with zero attached hydrogens (tertiary/aromatic N) is 1. The lowest BCUT2D eigenvalue weighted by atomic mass is 9.88. The van der Waals surface area contributed by atoms with Gasteiger partial charge in [-0.3, -0.25) is 4.79 Å². The maximum absolute atomic E-state index is 12.6. The number of aliphatic hydroxyl groups excluding tert-OH is 1. The van der Waals surface area contributed by atoms with Crippen LogP contribution in [0, 0.1) is 5.92 Å². The van der Waals surface area contributed by atoms with Crippen molar-refractivity contribution in [2.75, 3.05) is 0 Å². The molecule has 0 bridgehead atoms.